The lowest BCUT2D eigenvalue weighted by molar-refractivity contribution is 0.407. The topological polar surface area (TPSA) is 15.3 Å². The van der Waals surface area contributed by atoms with E-state index in [1.165, 1.54) is 25.3 Å². The van der Waals surface area contributed by atoms with Crippen LogP contribution in [-0.2, 0) is 0 Å². The Morgan fingerprint density at radius 3 is 2.84 bits per heavy atom. The Morgan fingerprint density at radius 1 is 1.32 bits per heavy atom. The van der Waals surface area contributed by atoms with Crippen molar-refractivity contribution < 1.29 is 4.39 Å². The Labute approximate surface area is 116 Å². The van der Waals surface area contributed by atoms with E-state index in [0.717, 1.165) is 25.3 Å². The predicted molar refractivity (Wildman–Crippen MR) is 79.1 cm³/mol. The molecule has 106 valence electrons. The van der Waals surface area contributed by atoms with Crippen LogP contribution in [0.1, 0.15) is 33.1 Å². The van der Waals surface area contributed by atoms with E-state index < -0.39 is 0 Å². The maximum Gasteiger partial charge on any atom is 0.125 e. The predicted octanol–water partition coefficient (Wildman–Crippen LogP) is 3.43. The van der Waals surface area contributed by atoms with Crippen LogP contribution >= 0.6 is 0 Å². The zero-order valence-electron chi connectivity index (χ0n) is 12.0. The molecule has 0 spiro atoms. The van der Waals surface area contributed by atoms with Gasteiger partial charge in [-0.3, -0.25) is 0 Å². The van der Waals surface area contributed by atoms with E-state index in [2.05, 4.69) is 24.1 Å². The fourth-order valence-corrected chi connectivity index (χ4v) is 3.16. The van der Waals surface area contributed by atoms with Gasteiger partial charge in [0.25, 0.3) is 0 Å². The van der Waals surface area contributed by atoms with Crippen molar-refractivity contribution in [2.24, 2.45) is 5.92 Å². The maximum absolute atomic E-state index is 13.3. The first-order chi connectivity index (χ1) is 9.24. The van der Waals surface area contributed by atoms with Crippen LogP contribution in [0.5, 0.6) is 0 Å². The second-order valence-corrected chi connectivity index (χ2v) is 5.37. The second-order valence-electron chi connectivity index (χ2n) is 5.37. The number of rotatable bonds is 6. The number of anilines is 1. The normalized spacial score (nSPS) is 22.7. The van der Waals surface area contributed by atoms with Crippen molar-refractivity contribution in [1.82, 2.24) is 5.32 Å². The first-order valence-corrected chi connectivity index (χ1v) is 7.48. The Morgan fingerprint density at radius 2 is 2.16 bits per heavy atom. The molecule has 0 saturated heterocycles. The molecule has 1 fully saturated rings. The van der Waals surface area contributed by atoms with Crippen molar-refractivity contribution >= 4 is 5.69 Å². The first-order valence-electron chi connectivity index (χ1n) is 7.48. The highest BCUT2D eigenvalue weighted by Gasteiger charge is 2.27. The molecule has 19 heavy (non-hydrogen) atoms. The molecule has 2 rings (SSSR count). The number of hydrogen-bond acceptors (Lipinski definition) is 2. The molecule has 1 aliphatic rings. The molecule has 1 aromatic rings. The Balaban J connectivity index is 2.02. The summed E-state index contributed by atoms with van der Waals surface area (Å²) in [7, 11) is 0. The second kappa shape index (κ2) is 6.90. The first kappa shape index (κ1) is 14.3. The van der Waals surface area contributed by atoms with Crippen LogP contribution in [0.4, 0.5) is 10.1 Å². The summed E-state index contributed by atoms with van der Waals surface area (Å²) in [4.78, 5) is 2.30. The fraction of sp³-hybridized carbons (Fsp3) is 0.625. The monoisotopic (exact) mass is 264 g/mol. The van der Waals surface area contributed by atoms with Gasteiger partial charge in [0.15, 0.2) is 0 Å². The van der Waals surface area contributed by atoms with E-state index >= 15 is 0 Å². The summed E-state index contributed by atoms with van der Waals surface area (Å²) < 4.78 is 13.3. The number of nitrogens with one attached hydrogen (secondary N) is 1. The molecule has 1 aromatic carbocycles. The highest BCUT2D eigenvalue weighted by Crippen LogP contribution is 2.28. The van der Waals surface area contributed by atoms with Gasteiger partial charge in [-0.2, -0.15) is 0 Å². The highest BCUT2D eigenvalue weighted by molar-refractivity contribution is 5.46. The third kappa shape index (κ3) is 3.69. The van der Waals surface area contributed by atoms with E-state index in [9.17, 15) is 4.39 Å². The van der Waals surface area contributed by atoms with Crippen LogP contribution < -0.4 is 10.2 Å². The van der Waals surface area contributed by atoms with Gasteiger partial charge in [0, 0.05) is 24.8 Å². The SMILES string of the molecule is CCNC1CCCC1CN(CC)c1cccc(F)c1. The van der Waals surface area contributed by atoms with Gasteiger partial charge in [0.2, 0.25) is 0 Å². The summed E-state index contributed by atoms with van der Waals surface area (Å²) in [5.74, 6) is 0.536. The molecule has 0 radical (unpaired) electrons. The minimum absolute atomic E-state index is 0.148. The summed E-state index contributed by atoms with van der Waals surface area (Å²) in [6.45, 7) is 7.30. The van der Waals surface area contributed by atoms with Crippen LogP contribution in [0.15, 0.2) is 24.3 Å². The Kier molecular flexibility index (Phi) is 5.20. The van der Waals surface area contributed by atoms with Gasteiger partial charge >= 0.3 is 0 Å². The third-order valence-electron chi connectivity index (χ3n) is 4.14. The summed E-state index contributed by atoms with van der Waals surface area (Å²) in [6.07, 6.45) is 3.87. The number of halogens is 1. The summed E-state index contributed by atoms with van der Waals surface area (Å²) in [5, 5.41) is 3.59. The van der Waals surface area contributed by atoms with Crippen molar-refractivity contribution in [3.05, 3.63) is 30.1 Å². The molecule has 0 bridgehead atoms. The van der Waals surface area contributed by atoms with Gasteiger partial charge < -0.3 is 10.2 Å². The van der Waals surface area contributed by atoms with E-state index in [-0.39, 0.29) is 5.82 Å². The average Bonchev–Trinajstić information content (AvgIpc) is 2.84. The van der Waals surface area contributed by atoms with E-state index in [0.29, 0.717) is 12.0 Å². The van der Waals surface area contributed by atoms with E-state index in [1.54, 1.807) is 12.1 Å². The number of hydrogen-bond donors (Lipinski definition) is 1. The largest absolute Gasteiger partial charge is 0.371 e. The lowest BCUT2D eigenvalue weighted by Crippen LogP contribution is -2.39. The molecular weight excluding hydrogens is 239 g/mol. The molecule has 1 saturated carbocycles. The number of nitrogens with zero attached hydrogens (tertiary/aromatic N) is 1. The lowest BCUT2D eigenvalue weighted by atomic mass is 10.0. The molecule has 3 heteroatoms. The van der Waals surface area contributed by atoms with E-state index in [1.807, 2.05) is 6.07 Å². The smallest absolute Gasteiger partial charge is 0.125 e. The minimum atomic E-state index is -0.148. The van der Waals surface area contributed by atoms with Crippen LogP contribution in [0, 0.1) is 11.7 Å². The van der Waals surface area contributed by atoms with Crippen molar-refractivity contribution in [2.45, 2.75) is 39.2 Å². The van der Waals surface area contributed by atoms with Gasteiger partial charge in [0.1, 0.15) is 5.82 Å². The summed E-state index contributed by atoms with van der Waals surface area (Å²) in [5.41, 5.74) is 1.00. The molecule has 2 atom stereocenters. The molecule has 2 unspecified atom stereocenters. The van der Waals surface area contributed by atoms with Crippen LogP contribution in [0.2, 0.25) is 0 Å². The molecule has 2 nitrogen and oxygen atoms in total. The Bertz CT molecular complexity index is 394. The standard InChI is InChI=1S/C16H25FN2/c1-3-18-16-10-5-7-13(16)12-19(4-2)15-9-6-8-14(17)11-15/h6,8-9,11,13,16,18H,3-5,7,10,12H2,1-2H3. The average molecular weight is 264 g/mol. The van der Waals surface area contributed by atoms with Crippen LogP contribution in [0.3, 0.4) is 0 Å². The van der Waals surface area contributed by atoms with Crippen LogP contribution in [0.25, 0.3) is 0 Å². The van der Waals surface area contributed by atoms with E-state index in [4.69, 9.17) is 0 Å². The van der Waals surface area contributed by atoms with Gasteiger partial charge in [-0.15, -0.1) is 0 Å². The van der Waals surface area contributed by atoms with Crippen molar-refractivity contribution in [3.8, 4) is 0 Å². The minimum Gasteiger partial charge on any atom is -0.371 e. The molecule has 1 aliphatic carbocycles. The van der Waals surface area contributed by atoms with Gasteiger partial charge in [-0.05, 0) is 50.4 Å². The molecule has 0 heterocycles. The molecule has 0 amide bonds. The maximum atomic E-state index is 13.3. The van der Waals surface area contributed by atoms with Crippen molar-refractivity contribution in [2.75, 3.05) is 24.5 Å². The quantitative estimate of drug-likeness (QED) is 0.847. The zero-order valence-corrected chi connectivity index (χ0v) is 12.0. The van der Waals surface area contributed by atoms with Crippen molar-refractivity contribution in [3.63, 3.8) is 0 Å². The Hall–Kier alpha value is -1.09. The fourth-order valence-electron chi connectivity index (χ4n) is 3.16. The highest BCUT2D eigenvalue weighted by atomic mass is 19.1. The molecule has 1 N–H and O–H groups in total. The van der Waals surface area contributed by atoms with Gasteiger partial charge in [-0.25, -0.2) is 4.39 Å². The number of benzene rings is 1. The van der Waals surface area contributed by atoms with Crippen LogP contribution in [-0.4, -0.2) is 25.7 Å². The van der Waals surface area contributed by atoms with Crippen molar-refractivity contribution in [1.29, 1.82) is 0 Å². The zero-order chi connectivity index (χ0) is 13.7. The van der Waals surface area contributed by atoms with Gasteiger partial charge in [0.05, 0.1) is 0 Å². The molecule has 0 aliphatic heterocycles. The summed E-state index contributed by atoms with van der Waals surface area (Å²) in [6, 6.07) is 7.58. The third-order valence-corrected chi connectivity index (χ3v) is 4.14. The summed E-state index contributed by atoms with van der Waals surface area (Å²) >= 11 is 0. The molecule has 0 aromatic heterocycles. The molecular formula is C16H25FN2. The lowest BCUT2D eigenvalue weighted by Gasteiger charge is -2.30. The van der Waals surface area contributed by atoms with Gasteiger partial charge in [-0.1, -0.05) is 19.4 Å².